The van der Waals surface area contributed by atoms with Crippen molar-refractivity contribution in [1.29, 1.82) is 0 Å². The monoisotopic (exact) mass is 457 g/mol. The molecule has 1 aromatic heterocycles. The number of nitrogens with zero attached hydrogens (tertiary/aromatic N) is 1. The van der Waals surface area contributed by atoms with Crippen molar-refractivity contribution in [1.82, 2.24) is 15.5 Å². The maximum atomic E-state index is 13.6. The summed E-state index contributed by atoms with van der Waals surface area (Å²) < 4.78 is 18.6. The minimum atomic E-state index is -0.612. The second kappa shape index (κ2) is 8.74. The zero-order chi connectivity index (χ0) is 23.8. The number of esters is 1. The number of hydrogen-bond donors (Lipinski definition) is 2. The van der Waals surface area contributed by atoms with Crippen molar-refractivity contribution in [3.05, 3.63) is 100 Å². The van der Waals surface area contributed by atoms with Crippen molar-refractivity contribution in [3.8, 4) is 11.3 Å². The summed E-state index contributed by atoms with van der Waals surface area (Å²) in [6.07, 6.45) is 2.53. The molecular formula is C27H24FN3O3. The standard InChI is InChI=1S/C27H24FN3O3/c1-15-23(27(33)34-2)24(20-14-29-31-26(20)17-6-4-3-5-7-17)25-21(30-15)12-18(13-22(25)32)16-8-10-19(28)11-9-16/h3-11,14,18,24,30H,12-13H2,1-2H3,(H,29,31). The fourth-order valence-corrected chi connectivity index (χ4v) is 5.05. The first kappa shape index (κ1) is 21.8. The van der Waals surface area contributed by atoms with Gasteiger partial charge in [0.1, 0.15) is 5.82 Å². The van der Waals surface area contributed by atoms with Crippen LogP contribution in [0.25, 0.3) is 11.3 Å². The molecule has 2 unspecified atom stereocenters. The molecular weight excluding hydrogens is 433 g/mol. The molecule has 2 aromatic carbocycles. The molecule has 0 amide bonds. The highest BCUT2D eigenvalue weighted by atomic mass is 19.1. The van der Waals surface area contributed by atoms with Crippen molar-refractivity contribution in [2.75, 3.05) is 7.11 Å². The highest BCUT2D eigenvalue weighted by molar-refractivity contribution is 6.04. The van der Waals surface area contributed by atoms with Gasteiger partial charge in [-0.15, -0.1) is 0 Å². The number of allylic oxidation sites excluding steroid dienone is 3. The molecule has 5 rings (SSSR count). The number of carbonyl (C=O) groups is 2. The number of dihydropyridines is 1. The van der Waals surface area contributed by atoms with E-state index in [2.05, 4.69) is 15.5 Å². The quantitative estimate of drug-likeness (QED) is 0.553. The van der Waals surface area contributed by atoms with Gasteiger partial charge in [-0.3, -0.25) is 9.89 Å². The van der Waals surface area contributed by atoms with Crippen LogP contribution in [0.5, 0.6) is 0 Å². The summed E-state index contributed by atoms with van der Waals surface area (Å²) in [5.74, 6) is -1.54. The summed E-state index contributed by atoms with van der Waals surface area (Å²) in [6, 6.07) is 16.0. The number of nitrogens with one attached hydrogen (secondary N) is 2. The second-order valence-corrected chi connectivity index (χ2v) is 8.63. The summed E-state index contributed by atoms with van der Waals surface area (Å²) >= 11 is 0. The Morgan fingerprint density at radius 2 is 1.82 bits per heavy atom. The molecule has 2 aliphatic rings. The minimum absolute atomic E-state index is 0.0535. The van der Waals surface area contributed by atoms with Gasteiger partial charge in [0.25, 0.3) is 0 Å². The van der Waals surface area contributed by atoms with Crippen molar-refractivity contribution in [3.63, 3.8) is 0 Å². The number of ether oxygens (including phenoxy) is 1. The lowest BCUT2D eigenvalue weighted by molar-refractivity contribution is -0.136. The average Bonchev–Trinajstić information content (AvgIpc) is 3.33. The highest BCUT2D eigenvalue weighted by Crippen LogP contribution is 2.47. The van der Waals surface area contributed by atoms with Gasteiger partial charge in [-0.1, -0.05) is 42.5 Å². The Balaban J connectivity index is 1.63. The van der Waals surface area contributed by atoms with E-state index in [1.54, 1.807) is 18.3 Å². The summed E-state index contributed by atoms with van der Waals surface area (Å²) in [5, 5.41) is 10.6. The first-order chi connectivity index (χ1) is 16.5. The Morgan fingerprint density at radius 3 is 2.53 bits per heavy atom. The zero-order valence-corrected chi connectivity index (χ0v) is 18.9. The molecule has 34 heavy (non-hydrogen) atoms. The molecule has 0 bridgehead atoms. The van der Waals surface area contributed by atoms with Gasteiger partial charge in [0.2, 0.25) is 0 Å². The van der Waals surface area contributed by atoms with E-state index in [1.807, 2.05) is 37.3 Å². The van der Waals surface area contributed by atoms with E-state index >= 15 is 0 Å². The second-order valence-electron chi connectivity index (χ2n) is 8.63. The maximum absolute atomic E-state index is 13.6. The zero-order valence-electron chi connectivity index (χ0n) is 18.9. The lowest BCUT2D eigenvalue weighted by Crippen LogP contribution is -2.36. The van der Waals surface area contributed by atoms with E-state index in [9.17, 15) is 14.0 Å². The molecule has 6 nitrogen and oxygen atoms in total. The number of methoxy groups -OCH3 is 1. The van der Waals surface area contributed by atoms with Gasteiger partial charge < -0.3 is 10.1 Å². The van der Waals surface area contributed by atoms with Crippen LogP contribution in [-0.4, -0.2) is 29.1 Å². The fraction of sp³-hybridized carbons (Fsp3) is 0.222. The predicted octanol–water partition coefficient (Wildman–Crippen LogP) is 4.75. The molecule has 2 N–H and O–H groups in total. The van der Waals surface area contributed by atoms with Gasteiger partial charge in [-0.2, -0.15) is 5.10 Å². The smallest absolute Gasteiger partial charge is 0.336 e. The summed E-state index contributed by atoms with van der Waals surface area (Å²) in [6.45, 7) is 1.82. The molecule has 2 heterocycles. The third-order valence-corrected chi connectivity index (χ3v) is 6.62. The third kappa shape index (κ3) is 3.73. The SMILES string of the molecule is COC(=O)C1=C(C)NC2=C(C(=O)CC(c3ccc(F)cc3)C2)C1c1cn[nH]c1-c1ccccc1. The lowest BCUT2D eigenvalue weighted by atomic mass is 9.71. The molecule has 0 fully saturated rings. The number of rotatable bonds is 4. The Morgan fingerprint density at radius 1 is 1.09 bits per heavy atom. The van der Waals surface area contributed by atoms with E-state index in [-0.39, 0.29) is 23.9 Å². The summed E-state index contributed by atoms with van der Waals surface area (Å²) in [4.78, 5) is 26.5. The number of benzene rings is 2. The Kier molecular flexibility index (Phi) is 5.61. The van der Waals surface area contributed by atoms with Gasteiger partial charge in [0, 0.05) is 29.0 Å². The number of aromatic amines is 1. The number of hydrogen-bond acceptors (Lipinski definition) is 5. The minimum Gasteiger partial charge on any atom is -0.466 e. The third-order valence-electron chi connectivity index (χ3n) is 6.62. The van der Waals surface area contributed by atoms with E-state index in [1.165, 1.54) is 19.2 Å². The molecule has 0 saturated heterocycles. The van der Waals surface area contributed by atoms with E-state index in [0.29, 0.717) is 23.3 Å². The van der Waals surface area contributed by atoms with E-state index in [0.717, 1.165) is 28.1 Å². The molecule has 1 aliphatic heterocycles. The van der Waals surface area contributed by atoms with Crippen LogP contribution in [0.1, 0.15) is 42.7 Å². The van der Waals surface area contributed by atoms with Crippen molar-refractivity contribution < 1.29 is 18.7 Å². The number of carbonyl (C=O) groups excluding carboxylic acids is 2. The van der Waals surface area contributed by atoms with Crippen LogP contribution in [-0.2, 0) is 14.3 Å². The van der Waals surface area contributed by atoms with Crippen LogP contribution in [0.3, 0.4) is 0 Å². The predicted molar refractivity (Wildman–Crippen MR) is 125 cm³/mol. The Bertz CT molecular complexity index is 1320. The summed E-state index contributed by atoms with van der Waals surface area (Å²) in [7, 11) is 1.34. The van der Waals surface area contributed by atoms with Crippen LogP contribution in [0.2, 0.25) is 0 Å². The van der Waals surface area contributed by atoms with Gasteiger partial charge in [0.15, 0.2) is 5.78 Å². The van der Waals surface area contributed by atoms with Gasteiger partial charge in [0.05, 0.1) is 30.5 Å². The fourth-order valence-electron chi connectivity index (χ4n) is 5.05. The van der Waals surface area contributed by atoms with Crippen molar-refractivity contribution >= 4 is 11.8 Å². The normalized spacial score (nSPS) is 20.1. The van der Waals surface area contributed by atoms with E-state index < -0.39 is 11.9 Å². The summed E-state index contributed by atoms with van der Waals surface area (Å²) in [5.41, 5.74) is 5.69. The molecule has 0 saturated carbocycles. The molecule has 0 radical (unpaired) electrons. The number of halogens is 1. The number of aromatic nitrogens is 2. The molecule has 172 valence electrons. The Hall–Kier alpha value is -4.00. The maximum Gasteiger partial charge on any atom is 0.336 e. The van der Waals surface area contributed by atoms with Crippen LogP contribution in [0.4, 0.5) is 4.39 Å². The lowest BCUT2D eigenvalue weighted by Gasteiger charge is -2.36. The average molecular weight is 458 g/mol. The van der Waals surface area contributed by atoms with Crippen molar-refractivity contribution in [2.45, 2.75) is 31.6 Å². The topological polar surface area (TPSA) is 84.1 Å². The molecule has 1 aliphatic carbocycles. The molecule has 7 heteroatoms. The molecule has 2 atom stereocenters. The van der Waals surface area contributed by atoms with Gasteiger partial charge in [-0.25, -0.2) is 9.18 Å². The first-order valence-electron chi connectivity index (χ1n) is 11.1. The van der Waals surface area contributed by atoms with Crippen LogP contribution in [0, 0.1) is 5.82 Å². The van der Waals surface area contributed by atoms with Gasteiger partial charge >= 0.3 is 5.97 Å². The van der Waals surface area contributed by atoms with Crippen LogP contribution >= 0.6 is 0 Å². The largest absolute Gasteiger partial charge is 0.466 e. The van der Waals surface area contributed by atoms with Gasteiger partial charge in [-0.05, 0) is 42.5 Å². The Labute approximate surface area is 196 Å². The van der Waals surface area contributed by atoms with E-state index in [4.69, 9.17) is 4.74 Å². The molecule has 3 aromatic rings. The van der Waals surface area contributed by atoms with Crippen molar-refractivity contribution in [2.24, 2.45) is 0 Å². The first-order valence-corrected chi connectivity index (χ1v) is 11.1. The molecule has 0 spiro atoms. The van der Waals surface area contributed by atoms with Crippen LogP contribution < -0.4 is 5.32 Å². The number of Topliss-reactive ketones (excluding diaryl/α,β-unsaturated/α-hetero) is 1. The van der Waals surface area contributed by atoms with Crippen LogP contribution in [0.15, 0.2) is 83.3 Å². The highest BCUT2D eigenvalue weighted by Gasteiger charge is 2.42. The number of ketones is 1. The number of H-pyrrole nitrogens is 1.